The predicted octanol–water partition coefficient (Wildman–Crippen LogP) is 3.85. The monoisotopic (exact) mass is 836 g/mol. The summed E-state index contributed by atoms with van der Waals surface area (Å²) in [5, 5.41) is 20.8. The highest BCUT2D eigenvalue weighted by molar-refractivity contribution is 6.32. The molecule has 60 heavy (non-hydrogen) atoms. The van der Waals surface area contributed by atoms with Crippen LogP contribution in [0, 0.1) is 22.6 Å². The van der Waals surface area contributed by atoms with Crippen molar-refractivity contribution in [3.63, 3.8) is 0 Å². The normalized spacial score (nSPS) is 23.7. The molecule has 6 aliphatic heterocycles. The number of amides is 5. The maximum Gasteiger partial charge on any atom is 0.274 e. The molecule has 2 aromatic carbocycles. The van der Waals surface area contributed by atoms with E-state index in [0.717, 1.165) is 74.2 Å². The van der Waals surface area contributed by atoms with Crippen molar-refractivity contribution in [3.05, 3.63) is 75.7 Å². The molecule has 7 heterocycles. The number of imide groups is 2. The molecule has 6 aliphatic rings. The topological polar surface area (TPSA) is 166 Å². The van der Waals surface area contributed by atoms with Gasteiger partial charge >= 0.3 is 0 Å². The molecule has 5 amide bonds. The van der Waals surface area contributed by atoms with E-state index in [1.54, 1.807) is 12.1 Å². The Hall–Kier alpha value is -5.66. The number of carbonyl (C=O) groups excluding carboxylic acids is 5. The SMILES string of the molecule is C[C@H]1CC2(CCN(c3ccc(C(=O)N4CCC(N5CCN(c6cc7c(cc6F)C(=O)N(C6CCC(=O)NC6=O)C7=O)CC5)CC4)nn3)CC2)CN1c1ccc(C#N)c(Cl)c1. The van der Waals surface area contributed by atoms with Gasteiger partial charge < -0.3 is 19.6 Å². The molecule has 0 radical (unpaired) electrons. The molecule has 5 fully saturated rings. The first-order chi connectivity index (χ1) is 28.9. The molecule has 3 aromatic rings. The van der Waals surface area contributed by atoms with Crippen LogP contribution in [0.15, 0.2) is 42.5 Å². The van der Waals surface area contributed by atoms with E-state index < -0.39 is 35.5 Å². The fourth-order valence-corrected chi connectivity index (χ4v) is 10.5. The van der Waals surface area contributed by atoms with Crippen LogP contribution in [0.3, 0.4) is 0 Å². The number of aromatic nitrogens is 2. The van der Waals surface area contributed by atoms with Gasteiger partial charge in [0.1, 0.15) is 17.9 Å². The molecule has 312 valence electrons. The van der Waals surface area contributed by atoms with Gasteiger partial charge in [-0.05, 0) is 93.3 Å². The zero-order valence-electron chi connectivity index (χ0n) is 33.4. The van der Waals surface area contributed by atoms with Gasteiger partial charge in [0, 0.05) is 83.1 Å². The maximum absolute atomic E-state index is 15.5. The van der Waals surface area contributed by atoms with Crippen LogP contribution in [-0.4, -0.2) is 131 Å². The minimum absolute atomic E-state index is 0.00749. The number of benzene rings is 2. The fraction of sp³-hybridized carbons (Fsp3) is 0.488. The van der Waals surface area contributed by atoms with E-state index in [2.05, 4.69) is 43.2 Å². The second-order valence-corrected chi connectivity index (χ2v) is 17.5. The van der Waals surface area contributed by atoms with E-state index in [1.807, 2.05) is 28.0 Å². The fourth-order valence-electron chi connectivity index (χ4n) is 10.3. The van der Waals surface area contributed by atoms with Crippen LogP contribution in [-0.2, 0) is 9.59 Å². The van der Waals surface area contributed by atoms with Gasteiger partial charge in [-0.1, -0.05) is 11.6 Å². The third-order valence-corrected chi connectivity index (χ3v) is 13.9. The van der Waals surface area contributed by atoms with E-state index in [0.29, 0.717) is 61.6 Å². The minimum atomic E-state index is -1.11. The van der Waals surface area contributed by atoms with Crippen LogP contribution in [0.2, 0.25) is 5.02 Å². The second-order valence-electron chi connectivity index (χ2n) is 17.1. The zero-order valence-corrected chi connectivity index (χ0v) is 34.2. The molecule has 0 aliphatic carbocycles. The first-order valence-corrected chi connectivity index (χ1v) is 21.2. The molecule has 2 atom stereocenters. The average molecular weight is 837 g/mol. The van der Waals surface area contributed by atoms with Gasteiger partial charge in [0.25, 0.3) is 17.7 Å². The largest absolute Gasteiger partial charge is 0.368 e. The summed E-state index contributed by atoms with van der Waals surface area (Å²) in [6.07, 6.45) is 4.75. The Labute approximate surface area is 352 Å². The summed E-state index contributed by atoms with van der Waals surface area (Å²) in [4.78, 5) is 75.6. The number of fused-ring (bicyclic) bond motifs is 1. The zero-order chi connectivity index (χ0) is 41.9. The maximum atomic E-state index is 15.5. The number of nitrogens with zero attached hydrogens (tertiary/aromatic N) is 9. The number of likely N-dealkylation sites (tertiary alicyclic amines) is 1. The van der Waals surface area contributed by atoms with E-state index in [1.165, 1.54) is 6.07 Å². The molecule has 0 saturated carbocycles. The van der Waals surface area contributed by atoms with E-state index in [-0.39, 0.29) is 47.0 Å². The van der Waals surface area contributed by atoms with Crippen molar-refractivity contribution in [3.8, 4) is 6.07 Å². The van der Waals surface area contributed by atoms with Crippen LogP contribution in [0.25, 0.3) is 0 Å². The summed E-state index contributed by atoms with van der Waals surface area (Å²) in [6.45, 7) is 8.43. The molecule has 1 unspecified atom stereocenters. The standard InChI is InChI=1S/C43H46ClFN10O5/c1-26-23-43(25-54(26)29-3-2-27(24-46)32(44)20-29)10-14-52(15-11-43)37-6-4-34(48-49-37)42(60)53-12-8-28(9-13-53)50-16-18-51(19-17-50)36-22-31-30(21-33(36)45)40(58)55(41(31)59)35-5-7-38(56)47-39(35)57/h2-4,6,20-22,26,28,35H,5,7-19,23,25H2,1H3,(H,47,56,57)/t26-,35?/m0/s1. The highest BCUT2D eigenvalue weighted by Gasteiger charge is 2.46. The van der Waals surface area contributed by atoms with Crippen LogP contribution in [0.4, 0.5) is 21.6 Å². The van der Waals surface area contributed by atoms with Crippen LogP contribution in [0.5, 0.6) is 0 Å². The third-order valence-electron chi connectivity index (χ3n) is 13.6. The predicted molar refractivity (Wildman–Crippen MR) is 219 cm³/mol. The Balaban J connectivity index is 0.745. The quantitative estimate of drug-likeness (QED) is 0.357. The Morgan fingerprint density at radius 1 is 0.883 bits per heavy atom. The van der Waals surface area contributed by atoms with Gasteiger partial charge in [-0.15, -0.1) is 10.2 Å². The van der Waals surface area contributed by atoms with Crippen LogP contribution >= 0.6 is 11.6 Å². The number of nitriles is 1. The van der Waals surface area contributed by atoms with Gasteiger partial charge in [0.2, 0.25) is 11.8 Å². The van der Waals surface area contributed by atoms with Crippen molar-refractivity contribution < 1.29 is 28.4 Å². The van der Waals surface area contributed by atoms with Crippen molar-refractivity contribution >= 4 is 58.3 Å². The van der Waals surface area contributed by atoms with Gasteiger partial charge in [-0.2, -0.15) is 5.26 Å². The molecule has 1 aromatic heterocycles. The average Bonchev–Trinajstić information content (AvgIpc) is 3.70. The third kappa shape index (κ3) is 7.21. The number of hydrogen-bond acceptors (Lipinski definition) is 12. The summed E-state index contributed by atoms with van der Waals surface area (Å²) < 4.78 is 15.5. The number of halogens is 2. The molecule has 15 nitrogen and oxygen atoms in total. The Bertz CT molecular complexity index is 2300. The lowest BCUT2D eigenvalue weighted by Crippen LogP contribution is -2.54. The van der Waals surface area contributed by atoms with E-state index >= 15 is 4.39 Å². The Morgan fingerprint density at radius 2 is 1.60 bits per heavy atom. The second kappa shape index (κ2) is 15.7. The highest BCUT2D eigenvalue weighted by atomic mass is 35.5. The van der Waals surface area contributed by atoms with Gasteiger partial charge in [0.05, 0.1) is 27.4 Å². The molecule has 9 rings (SSSR count). The van der Waals surface area contributed by atoms with Gasteiger partial charge in [0.15, 0.2) is 11.5 Å². The summed E-state index contributed by atoms with van der Waals surface area (Å²) in [5.74, 6) is -2.54. The number of anilines is 3. The lowest BCUT2D eigenvalue weighted by molar-refractivity contribution is -0.136. The Morgan fingerprint density at radius 3 is 2.25 bits per heavy atom. The molecule has 1 spiro atoms. The van der Waals surface area contributed by atoms with Crippen molar-refractivity contribution in [1.82, 2.24) is 30.2 Å². The summed E-state index contributed by atoms with van der Waals surface area (Å²) in [5.41, 5.74) is 2.26. The van der Waals surface area contributed by atoms with E-state index in [9.17, 15) is 29.2 Å². The summed E-state index contributed by atoms with van der Waals surface area (Å²) in [7, 11) is 0. The van der Waals surface area contributed by atoms with Crippen LogP contribution in [0.1, 0.15) is 88.6 Å². The molecular formula is C43H46ClFN10O5. The molecular weight excluding hydrogens is 791 g/mol. The van der Waals surface area contributed by atoms with Crippen LogP contribution < -0.4 is 20.0 Å². The van der Waals surface area contributed by atoms with Crippen molar-refractivity contribution in [1.29, 1.82) is 5.26 Å². The first kappa shape index (κ1) is 39.8. The molecule has 1 N–H and O–H groups in total. The molecule has 17 heteroatoms. The van der Waals surface area contributed by atoms with E-state index in [4.69, 9.17) is 11.6 Å². The molecule has 0 bridgehead atoms. The smallest absolute Gasteiger partial charge is 0.274 e. The number of nitrogens with one attached hydrogen (secondary N) is 1. The number of rotatable bonds is 6. The molecule has 5 saturated heterocycles. The number of piperazine rings is 1. The lowest BCUT2D eigenvalue weighted by atomic mass is 9.77. The highest BCUT2D eigenvalue weighted by Crippen LogP contribution is 2.46. The first-order valence-electron chi connectivity index (χ1n) is 20.8. The number of carbonyl (C=O) groups is 5. The lowest BCUT2D eigenvalue weighted by Gasteiger charge is -2.43. The number of hydrogen-bond donors (Lipinski definition) is 1. The van der Waals surface area contributed by atoms with Crippen molar-refractivity contribution in [2.75, 3.05) is 73.6 Å². The van der Waals surface area contributed by atoms with Crippen molar-refractivity contribution in [2.45, 2.75) is 70.0 Å². The number of piperidine rings is 3. The van der Waals surface area contributed by atoms with Gasteiger partial charge in [-0.3, -0.25) is 39.1 Å². The van der Waals surface area contributed by atoms with Crippen molar-refractivity contribution in [2.24, 2.45) is 5.41 Å². The minimum Gasteiger partial charge on any atom is -0.368 e. The Kier molecular flexibility index (Phi) is 10.4. The summed E-state index contributed by atoms with van der Waals surface area (Å²) >= 11 is 6.36. The summed E-state index contributed by atoms with van der Waals surface area (Å²) in [6, 6.07) is 13.5. The van der Waals surface area contributed by atoms with Gasteiger partial charge in [-0.25, -0.2) is 4.39 Å².